The van der Waals surface area contributed by atoms with Gasteiger partial charge in [0.25, 0.3) is 0 Å². The lowest BCUT2D eigenvalue weighted by Gasteiger charge is -2.47. The molecule has 1 aromatic heterocycles. The van der Waals surface area contributed by atoms with Gasteiger partial charge in [-0.3, -0.25) is 4.79 Å². The van der Waals surface area contributed by atoms with Crippen LogP contribution in [0.5, 0.6) is 5.88 Å². The third kappa shape index (κ3) is 6.78. The van der Waals surface area contributed by atoms with Crippen LogP contribution in [0.3, 0.4) is 0 Å². The highest BCUT2D eigenvalue weighted by atomic mass is 35.5. The fourth-order valence-electron chi connectivity index (χ4n) is 5.28. The lowest BCUT2D eigenvalue weighted by Crippen LogP contribution is -2.52. The van der Waals surface area contributed by atoms with Gasteiger partial charge in [-0.2, -0.15) is 0 Å². The van der Waals surface area contributed by atoms with E-state index in [-0.39, 0.29) is 41.0 Å². The maximum absolute atomic E-state index is 13.9. The zero-order valence-corrected chi connectivity index (χ0v) is 22.6. The van der Waals surface area contributed by atoms with E-state index in [4.69, 9.17) is 16.3 Å². The molecular formula is C28H36ClF2N3O3. The summed E-state index contributed by atoms with van der Waals surface area (Å²) in [5.41, 5.74) is 2.33. The van der Waals surface area contributed by atoms with E-state index in [1.54, 1.807) is 0 Å². The van der Waals surface area contributed by atoms with E-state index >= 15 is 0 Å². The lowest BCUT2D eigenvalue weighted by molar-refractivity contribution is -0.120. The Balaban J connectivity index is 1.51. The van der Waals surface area contributed by atoms with Crippen LogP contribution in [-0.4, -0.2) is 40.3 Å². The van der Waals surface area contributed by atoms with Crippen molar-refractivity contribution in [3.63, 3.8) is 0 Å². The Morgan fingerprint density at radius 2 is 2.00 bits per heavy atom. The largest absolute Gasteiger partial charge is 0.471 e. The molecule has 0 saturated heterocycles. The molecule has 2 aromatic rings. The van der Waals surface area contributed by atoms with Crippen LogP contribution in [0.25, 0.3) is 0 Å². The summed E-state index contributed by atoms with van der Waals surface area (Å²) >= 11 is 5.80. The molecule has 2 heterocycles. The van der Waals surface area contributed by atoms with Gasteiger partial charge in [0.05, 0.1) is 17.2 Å². The normalized spacial score (nSPS) is 19.9. The number of amides is 1. The van der Waals surface area contributed by atoms with Gasteiger partial charge in [-0.1, -0.05) is 32.4 Å². The highest BCUT2D eigenvalue weighted by molar-refractivity contribution is 6.30. The first-order valence-electron chi connectivity index (χ1n) is 12.8. The number of nitrogens with one attached hydrogen (secondary N) is 2. The molecule has 1 spiro atoms. The van der Waals surface area contributed by atoms with Gasteiger partial charge < -0.3 is 20.5 Å². The average Bonchev–Trinajstić information content (AvgIpc) is 2.78. The van der Waals surface area contributed by atoms with Gasteiger partial charge in [0.1, 0.15) is 5.60 Å². The van der Waals surface area contributed by atoms with Crippen molar-refractivity contribution in [1.29, 1.82) is 0 Å². The molecule has 37 heavy (non-hydrogen) atoms. The second kappa shape index (κ2) is 10.8. The van der Waals surface area contributed by atoms with Gasteiger partial charge in [-0.05, 0) is 66.8 Å². The number of fused-ring (bicyclic) bond motifs is 1. The average molecular weight is 536 g/mol. The number of ether oxygens (including phenoxy) is 1. The third-order valence-electron chi connectivity index (χ3n) is 7.13. The minimum Gasteiger partial charge on any atom is -0.471 e. The number of carbonyl (C=O) groups excluding carboxylic acids is 1. The Labute approximate surface area is 222 Å². The standard InChI is InChI=1S/C28H36ClF2N3O3/c1-16(35)34-22(11-17-9-20(29)25(31)21(30)10-17)24(36)15-32-23-13-28(6-5-7-28)37-26-19(23)8-18(14-33-26)12-27(2,3)4/h8-10,14,22-24,32,36H,5-7,11-13,15H2,1-4H3,(H,34,35)/t22-,23-,24-/m0/s1. The molecule has 9 heteroatoms. The summed E-state index contributed by atoms with van der Waals surface area (Å²) in [7, 11) is 0. The molecule has 1 fully saturated rings. The molecule has 202 valence electrons. The van der Waals surface area contributed by atoms with Crippen molar-refractivity contribution in [3.8, 4) is 5.88 Å². The molecule has 0 radical (unpaired) electrons. The molecule has 1 saturated carbocycles. The Morgan fingerprint density at radius 3 is 2.59 bits per heavy atom. The van der Waals surface area contributed by atoms with E-state index in [2.05, 4.69) is 42.5 Å². The Hall–Kier alpha value is -2.29. The number of halogens is 3. The zero-order valence-electron chi connectivity index (χ0n) is 21.8. The molecule has 1 aliphatic carbocycles. The van der Waals surface area contributed by atoms with Crippen molar-refractivity contribution >= 4 is 17.5 Å². The van der Waals surface area contributed by atoms with E-state index in [9.17, 15) is 18.7 Å². The quantitative estimate of drug-likeness (QED) is 0.412. The van der Waals surface area contributed by atoms with Crippen LogP contribution in [0.1, 0.15) is 76.1 Å². The topological polar surface area (TPSA) is 83.5 Å². The number of aliphatic hydroxyl groups is 1. The predicted molar refractivity (Wildman–Crippen MR) is 139 cm³/mol. The van der Waals surface area contributed by atoms with Crippen LogP contribution < -0.4 is 15.4 Å². The molecule has 6 nitrogen and oxygen atoms in total. The first-order valence-corrected chi connectivity index (χ1v) is 13.2. The summed E-state index contributed by atoms with van der Waals surface area (Å²) in [6.07, 6.45) is 5.64. The van der Waals surface area contributed by atoms with Crippen LogP contribution in [0.15, 0.2) is 24.4 Å². The number of hydrogen-bond acceptors (Lipinski definition) is 5. The van der Waals surface area contributed by atoms with E-state index < -0.39 is 23.8 Å². The van der Waals surface area contributed by atoms with Crippen molar-refractivity contribution in [1.82, 2.24) is 15.6 Å². The van der Waals surface area contributed by atoms with Gasteiger partial charge in [0.15, 0.2) is 11.6 Å². The van der Waals surface area contributed by atoms with Crippen LogP contribution in [0, 0.1) is 17.0 Å². The summed E-state index contributed by atoms with van der Waals surface area (Å²) < 4.78 is 33.9. The number of pyridine rings is 1. The highest BCUT2D eigenvalue weighted by Crippen LogP contribution is 2.48. The minimum atomic E-state index is -1.12. The number of nitrogens with zero attached hydrogens (tertiary/aromatic N) is 1. The first kappa shape index (κ1) is 27.7. The molecular weight excluding hydrogens is 500 g/mol. The number of rotatable bonds is 8. The maximum Gasteiger partial charge on any atom is 0.218 e. The molecule has 1 aromatic carbocycles. The number of aliphatic hydroxyl groups excluding tert-OH is 1. The summed E-state index contributed by atoms with van der Waals surface area (Å²) in [6, 6.07) is 3.67. The molecule has 3 atom stereocenters. The van der Waals surface area contributed by atoms with Gasteiger partial charge in [0.2, 0.25) is 11.8 Å². The van der Waals surface area contributed by atoms with E-state index in [0.717, 1.165) is 49.3 Å². The molecule has 0 bridgehead atoms. The van der Waals surface area contributed by atoms with Crippen LogP contribution >= 0.6 is 11.6 Å². The van der Waals surface area contributed by atoms with Crippen molar-refractivity contribution in [3.05, 3.63) is 57.7 Å². The fraction of sp³-hybridized carbons (Fsp3) is 0.571. The second-order valence-corrected chi connectivity index (χ2v) is 12.1. The number of benzene rings is 1. The van der Waals surface area contributed by atoms with E-state index in [1.807, 2.05) is 6.20 Å². The molecule has 1 aliphatic heterocycles. The number of carbonyl (C=O) groups is 1. The number of hydrogen-bond donors (Lipinski definition) is 3. The summed E-state index contributed by atoms with van der Waals surface area (Å²) in [5, 5.41) is 17.0. The van der Waals surface area contributed by atoms with Crippen LogP contribution in [0.4, 0.5) is 8.78 Å². The van der Waals surface area contributed by atoms with Gasteiger partial charge in [0, 0.05) is 37.7 Å². The van der Waals surface area contributed by atoms with Crippen molar-refractivity contribution < 1.29 is 23.4 Å². The highest BCUT2D eigenvalue weighted by Gasteiger charge is 2.46. The summed E-state index contributed by atoms with van der Waals surface area (Å²) in [6.45, 7) is 8.07. The van der Waals surface area contributed by atoms with E-state index in [0.29, 0.717) is 11.4 Å². The molecule has 0 unspecified atom stereocenters. The predicted octanol–water partition coefficient (Wildman–Crippen LogP) is 5.05. The summed E-state index contributed by atoms with van der Waals surface area (Å²) in [5.74, 6) is -1.89. The van der Waals surface area contributed by atoms with Crippen molar-refractivity contribution in [2.24, 2.45) is 5.41 Å². The molecule has 2 aliphatic rings. The fourth-order valence-corrected chi connectivity index (χ4v) is 5.51. The minimum absolute atomic E-state index is 0.0817. The summed E-state index contributed by atoms with van der Waals surface area (Å²) in [4.78, 5) is 16.5. The van der Waals surface area contributed by atoms with Gasteiger partial charge in [-0.15, -0.1) is 0 Å². The SMILES string of the molecule is CC(=O)N[C@@H](Cc1cc(F)c(F)c(Cl)c1)[C@@H](O)CN[C@H]1CC2(CCC2)Oc2ncc(CC(C)(C)C)cc21. The zero-order chi connectivity index (χ0) is 27.0. The first-order chi connectivity index (χ1) is 17.3. The van der Waals surface area contributed by atoms with Crippen molar-refractivity contribution in [2.75, 3.05) is 6.54 Å². The lowest BCUT2D eigenvalue weighted by atomic mass is 9.73. The van der Waals surface area contributed by atoms with Gasteiger partial charge in [-0.25, -0.2) is 13.8 Å². The van der Waals surface area contributed by atoms with E-state index in [1.165, 1.54) is 13.0 Å². The molecule has 1 amide bonds. The molecule has 4 rings (SSSR count). The monoisotopic (exact) mass is 535 g/mol. The Kier molecular flexibility index (Phi) is 8.12. The molecule has 3 N–H and O–H groups in total. The third-order valence-corrected chi connectivity index (χ3v) is 7.40. The maximum atomic E-state index is 13.9. The van der Waals surface area contributed by atoms with Crippen LogP contribution in [-0.2, 0) is 17.6 Å². The second-order valence-electron chi connectivity index (χ2n) is 11.7. The number of aromatic nitrogens is 1. The van der Waals surface area contributed by atoms with Gasteiger partial charge >= 0.3 is 0 Å². The van der Waals surface area contributed by atoms with Crippen LogP contribution in [0.2, 0.25) is 5.02 Å². The smallest absolute Gasteiger partial charge is 0.218 e. The Bertz CT molecular complexity index is 1130. The van der Waals surface area contributed by atoms with Crippen molar-refractivity contribution in [2.45, 2.75) is 90.0 Å². The Morgan fingerprint density at radius 1 is 1.27 bits per heavy atom.